The molecule has 1 aliphatic heterocycles. The first-order valence-electron chi connectivity index (χ1n) is 8.82. The van der Waals surface area contributed by atoms with Gasteiger partial charge in [0.1, 0.15) is 0 Å². The molecule has 0 spiro atoms. The van der Waals surface area contributed by atoms with Crippen molar-refractivity contribution < 1.29 is 0 Å². The van der Waals surface area contributed by atoms with Crippen LogP contribution in [0.3, 0.4) is 0 Å². The van der Waals surface area contributed by atoms with Crippen LogP contribution in [0.25, 0.3) is 0 Å². The maximum absolute atomic E-state index is 9.62. The van der Waals surface area contributed by atoms with E-state index in [1.807, 2.05) is 19.2 Å². The molecule has 2 aromatic rings. The molecule has 26 heavy (non-hydrogen) atoms. The molecule has 3 heterocycles. The Morgan fingerprint density at radius 1 is 1.31 bits per heavy atom. The van der Waals surface area contributed by atoms with Gasteiger partial charge in [-0.15, -0.1) is 11.3 Å². The summed E-state index contributed by atoms with van der Waals surface area (Å²) in [5.74, 6) is 0.635. The fourth-order valence-electron chi connectivity index (χ4n) is 3.41. The summed E-state index contributed by atoms with van der Waals surface area (Å²) >= 11 is 1.57. The number of thiazole rings is 1. The van der Waals surface area contributed by atoms with Crippen LogP contribution in [-0.4, -0.2) is 32.9 Å². The number of aryl methyl sites for hydroxylation is 1. The Hall–Kier alpha value is -2.72. The first-order chi connectivity index (χ1) is 12.7. The van der Waals surface area contributed by atoms with Gasteiger partial charge in [0, 0.05) is 36.3 Å². The Bertz CT molecular complexity index is 901. The molecule has 1 saturated heterocycles. The Balaban J connectivity index is 1.53. The van der Waals surface area contributed by atoms with Crippen LogP contribution >= 0.6 is 11.3 Å². The summed E-state index contributed by atoms with van der Waals surface area (Å²) in [6, 6.07) is 4.33. The fourth-order valence-corrected chi connectivity index (χ4v) is 4.07. The van der Waals surface area contributed by atoms with E-state index >= 15 is 0 Å². The molecule has 0 aromatic carbocycles. The van der Waals surface area contributed by atoms with Crippen molar-refractivity contribution >= 4 is 22.4 Å². The number of hydrogen-bond acceptors (Lipinski definition) is 7. The van der Waals surface area contributed by atoms with E-state index in [-0.39, 0.29) is 5.92 Å². The largest absolute Gasteiger partial charge is 0.371 e. The van der Waals surface area contributed by atoms with Gasteiger partial charge in [0.2, 0.25) is 5.95 Å². The van der Waals surface area contributed by atoms with E-state index < -0.39 is 0 Å². The van der Waals surface area contributed by atoms with E-state index in [0.717, 1.165) is 40.1 Å². The molecule has 6 nitrogen and oxygen atoms in total. The molecule has 1 atom stereocenters. The third-order valence-electron chi connectivity index (χ3n) is 4.70. The van der Waals surface area contributed by atoms with Crippen molar-refractivity contribution in [2.24, 2.45) is 0 Å². The molecule has 1 fully saturated rings. The van der Waals surface area contributed by atoms with Crippen LogP contribution in [0.1, 0.15) is 35.8 Å². The van der Waals surface area contributed by atoms with Crippen LogP contribution in [0.2, 0.25) is 0 Å². The lowest BCUT2D eigenvalue weighted by Crippen LogP contribution is -2.21. The van der Waals surface area contributed by atoms with Gasteiger partial charge >= 0.3 is 0 Å². The van der Waals surface area contributed by atoms with E-state index in [1.54, 1.807) is 17.5 Å². The lowest BCUT2D eigenvalue weighted by Gasteiger charge is -2.25. The molecule has 1 aliphatic carbocycles. The van der Waals surface area contributed by atoms with Gasteiger partial charge in [-0.25, -0.2) is 15.0 Å². The molecule has 0 amide bonds. The molecule has 0 saturated carbocycles. The minimum atomic E-state index is 0.0950. The Kier molecular flexibility index (Phi) is 4.67. The highest BCUT2D eigenvalue weighted by Gasteiger charge is 2.24. The van der Waals surface area contributed by atoms with Gasteiger partial charge in [0.15, 0.2) is 5.13 Å². The van der Waals surface area contributed by atoms with E-state index in [2.05, 4.69) is 43.4 Å². The number of hydrogen-bond donors (Lipinski definition) is 1. The van der Waals surface area contributed by atoms with Crippen molar-refractivity contribution in [2.75, 3.05) is 18.4 Å². The topological polar surface area (TPSA) is 77.7 Å². The minimum absolute atomic E-state index is 0.0950. The zero-order chi connectivity index (χ0) is 17.9. The van der Waals surface area contributed by atoms with Crippen LogP contribution in [-0.2, 0) is 0 Å². The summed E-state index contributed by atoms with van der Waals surface area (Å²) in [4.78, 5) is 16.7. The lowest BCUT2D eigenvalue weighted by atomic mass is 9.90. The zero-order valence-corrected chi connectivity index (χ0v) is 15.5. The highest BCUT2D eigenvalue weighted by molar-refractivity contribution is 7.15. The third kappa shape index (κ3) is 3.46. The molecule has 132 valence electrons. The SMILES string of the molecule is Cc1cnc(Nc2nccc(C3C=CC(N4CCCC4)=C(C#N)C3)n2)s1. The molecule has 1 unspecified atom stereocenters. The Morgan fingerprint density at radius 3 is 2.88 bits per heavy atom. The molecule has 4 rings (SSSR count). The van der Waals surface area contributed by atoms with Crippen molar-refractivity contribution in [1.82, 2.24) is 19.9 Å². The molecular weight excluding hydrogens is 344 g/mol. The monoisotopic (exact) mass is 364 g/mol. The molecule has 2 aliphatic rings. The number of nitriles is 1. The fraction of sp³-hybridized carbons (Fsp3) is 0.368. The predicted molar refractivity (Wildman–Crippen MR) is 102 cm³/mol. The highest BCUT2D eigenvalue weighted by atomic mass is 32.1. The zero-order valence-electron chi connectivity index (χ0n) is 14.6. The van der Waals surface area contributed by atoms with Crippen LogP contribution in [0.5, 0.6) is 0 Å². The maximum Gasteiger partial charge on any atom is 0.229 e. The third-order valence-corrected chi connectivity index (χ3v) is 5.53. The molecular formula is C19H20N6S. The van der Waals surface area contributed by atoms with Gasteiger partial charge < -0.3 is 10.2 Å². The van der Waals surface area contributed by atoms with Gasteiger partial charge in [-0.05, 0) is 38.3 Å². The van der Waals surface area contributed by atoms with Gasteiger partial charge in [-0.1, -0.05) is 6.08 Å². The van der Waals surface area contributed by atoms with Gasteiger partial charge in [0.05, 0.1) is 23.0 Å². The quantitative estimate of drug-likeness (QED) is 0.886. The summed E-state index contributed by atoms with van der Waals surface area (Å²) in [5.41, 5.74) is 2.86. The average molecular weight is 364 g/mol. The smallest absolute Gasteiger partial charge is 0.229 e. The van der Waals surface area contributed by atoms with Crippen LogP contribution in [0.15, 0.2) is 41.9 Å². The molecule has 7 heteroatoms. The molecule has 2 aromatic heterocycles. The minimum Gasteiger partial charge on any atom is -0.371 e. The second kappa shape index (κ2) is 7.26. The standard InChI is InChI=1S/C19H20N6S/c1-13-12-22-19(26-13)24-18-21-7-6-16(23-18)14-4-5-17(15(10-14)11-20)25-8-2-3-9-25/h4-7,12,14H,2-3,8-10H2,1H3,(H,21,22,23,24). The predicted octanol–water partition coefficient (Wildman–Crippen LogP) is 3.90. The first kappa shape index (κ1) is 16.7. The summed E-state index contributed by atoms with van der Waals surface area (Å²) in [6.45, 7) is 4.11. The summed E-state index contributed by atoms with van der Waals surface area (Å²) < 4.78 is 0. The summed E-state index contributed by atoms with van der Waals surface area (Å²) in [6.07, 6.45) is 10.9. The van der Waals surface area contributed by atoms with Gasteiger partial charge in [0.25, 0.3) is 0 Å². The van der Waals surface area contributed by atoms with Crippen LogP contribution < -0.4 is 5.32 Å². The van der Waals surface area contributed by atoms with Crippen molar-refractivity contribution in [3.05, 3.63) is 52.5 Å². The number of anilines is 2. The van der Waals surface area contributed by atoms with Gasteiger partial charge in [-0.3, -0.25) is 0 Å². The van der Waals surface area contributed by atoms with Crippen molar-refractivity contribution in [3.63, 3.8) is 0 Å². The number of aromatic nitrogens is 3. The van der Waals surface area contributed by atoms with Gasteiger partial charge in [-0.2, -0.15) is 5.26 Å². The number of allylic oxidation sites excluding steroid dienone is 3. The highest BCUT2D eigenvalue weighted by Crippen LogP contribution is 2.33. The lowest BCUT2D eigenvalue weighted by molar-refractivity contribution is 0.431. The average Bonchev–Trinajstić information content (AvgIpc) is 3.33. The number of likely N-dealkylation sites (tertiary alicyclic amines) is 1. The number of nitrogens with zero attached hydrogens (tertiary/aromatic N) is 5. The van der Waals surface area contributed by atoms with Crippen molar-refractivity contribution in [3.8, 4) is 6.07 Å². The second-order valence-electron chi connectivity index (χ2n) is 6.55. The van der Waals surface area contributed by atoms with Crippen LogP contribution in [0.4, 0.5) is 11.1 Å². The maximum atomic E-state index is 9.62. The summed E-state index contributed by atoms with van der Waals surface area (Å²) in [5, 5.41) is 13.6. The van der Waals surface area contributed by atoms with Crippen molar-refractivity contribution in [1.29, 1.82) is 5.26 Å². The Labute approximate surface area is 156 Å². The number of nitrogens with one attached hydrogen (secondary N) is 1. The number of rotatable bonds is 4. The normalized spacial score (nSPS) is 19.7. The van der Waals surface area contributed by atoms with E-state index in [0.29, 0.717) is 12.4 Å². The van der Waals surface area contributed by atoms with Crippen molar-refractivity contribution in [2.45, 2.75) is 32.1 Å². The second-order valence-corrected chi connectivity index (χ2v) is 7.78. The van der Waals surface area contributed by atoms with E-state index in [9.17, 15) is 5.26 Å². The molecule has 1 N–H and O–H groups in total. The molecule has 0 radical (unpaired) electrons. The van der Waals surface area contributed by atoms with E-state index in [1.165, 1.54) is 12.8 Å². The van der Waals surface area contributed by atoms with Crippen LogP contribution in [0, 0.1) is 18.3 Å². The van der Waals surface area contributed by atoms with E-state index in [4.69, 9.17) is 0 Å². The molecule has 0 bridgehead atoms. The first-order valence-corrected chi connectivity index (χ1v) is 9.63. The summed E-state index contributed by atoms with van der Waals surface area (Å²) in [7, 11) is 0. The Morgan fingerprint density at radius 2 is 2.15 bits per heavy atom.